The Morgan fingerprint density at radius 1 is 0.373 bits per heavy atom. The van der Waals surface area contributed by atoms with E-state index in [9.17, 15) is 0 Å². The van der Waals surface area contributed by atoms with Gasteiger partial charge in [-0.3, -0.25) is 0 Å². The highest BCUT2D eigenvalue weighted by Crippen LogP contribution is 2.64. The lowest BCUT2D eigenvalue weighted by Gasteiger charge is -2.37. The van der Waals surface area contributed by atoms with Crippen molar-refractivity contribution in [2.24, 2.45) is 0 Å². The SMILES string of the molecule is c1ccc(-c2ccc(N(c3ccc4c(c3)Oc3c(oc5ccccc35)C43c4ccccc4-c4ccccc43)c3ccc4c(c3)oc3ccccc34)c3ccccc23)cc1. The van der Waals surface area contributed by atoms with E-state index in [1.807, 2.05) is 24.3 Å². The average Bonchev–Trinajstić information content (AvgIpc) is 3.96. The number of fused-ring (bicyclic) bond motifs is 15. The van der Waals surface area contributed by atoms with Crippen molar-refractivity contribution in [3.8, 4) is 33.8 Å². The molecule has 59 heavy (non-hydrogen) atoms. The molecule has 4 nitrogen and oxygen atoms in total. The number of anilines is 3. The molecule has 4 heteroatoms. The summed E-state index contributed by atoms with van der Waals surface area (Å²) in [6, 6.07) is 71.0. The fourth-order valence-electron chi connectivity index (χ4n) is 10.0. The zero-order valence-corrected chi connectivity index (χ0v) is 31.7. The molecular weight excluding hydrogens is 723 g/mol. The first-order valence-electron chi connectivity index (χ1n) is 20.1. The molecule has 11 aromatic rings. The van der Waals surface area contributed by atoms with Gasteiger partial charge in [-0.2, -0.15) is 0 Å². The topological polar surface area (TPSA) is 38.8 Å². The molecule has 0 amide bonds. The molecule has 1 spiro atoms. The van der Waals surface area contributed by atoms with Crippen LogP contribution < -0.4 is 9.64 Å². The van der Waals surface area contributed by atoms with Crippen molar-refractivity contribution in [1.82, 2.24) is 0 Å². The van der Waals surface area contributed by atoms with Gasteiger partial charge in [0.25, 0.3) is 0 Å². The minimum atomic E-state index is -0.726. The second kappa shape index (κ2) is 12.1. The van der Waals surface area contributed by atoms with E-state index in [0.29, 0.717) is 0 Å². The highest BCUT2D eigenvalue weighted by atomic mass is 16.5. The molecule has 1 aliphatic heterocycles. The third-order valence-corrected chi connectivity index (χ3v) is 12.5. The molecule has 0 bridgehead atoms. The summed E-state index contributed by atoms with van der Waals surface area (Å²) in [4.78, 5) is 2.35. The maximum absolute atomic E-state index is 7.15. The van der Waals surface area contributed by atoms with E-state index in [4.69, 9.17) is 13.6 Å². The molecule has 0 N–H and O–H groups in total. The Labute approximate surface area is 339 Å². The Kier molecular flexibility index (Phi) is 6.62. The predicted molar refractivity (Wildman–Crippen MR) is 238 cm³/mol. The number of furan rings is 2. The molecule has 2 aromatic heterocycles. The van der Waals surface area contributed by atoms with Crippen LogP contribution in [0.4, 0.5) is 17.1 Å². The number of para-hydroxylation sites is 2. The van der Waals surface area contributed by atoms with Gasteiger partial charge in [-0.15, -0.1) is 0 Å². The van der Waals surface area contributed by atoms with Crippen LogP contribution in [0.3, 0.4) is 0 Å². The van der Waals surface area contributed by atoms with Crippen LogP contribution in [-0.2, 0) is 5.41 Å². The van der Waals surface area contributed by atoms with E-state index in [-0.39, 0.29) is 0 Å². The van der Waals surface area contributed by atoms with Crippen LogP contribution in [0, 0.1) is 0 Å². The minimum absolute atomic E-state index is 0.726. The van der Waals surface area contributed by atoms with Gasteiger partial charge in [0.05, 0.1) is 11.1 Å². The fraction of sp³-hybridized carbons (Fsp3) is 0.0182. The Bertz CT molecular complexity index is 3460. The van der Waals surface area contributed by atoms with Gasteiger partial charge in [0.1, 0.15) is 27.9 Å². The monoisotopic (exact) mass is 755 g/mol. The molecule has 3 heterocycles. The van der Waals surface area contributed by atoms with Crippen molar-refractivity contribution in [2.75, 3.05) is 4.90 Å². The van der Waals surface area contributed by atoms with E-state index >= 15 is 0 Å². The molecule has 2 aliphatic rings. The summed E-state index contributed by atoms with van der Waals surface area (Å²) in [5.74, 6) is 2.35. The molecule has 0 radical (unpaired) electrons. The van der Waals surface area contributed by atoms with Gasteiger partial charge in [-0.25, -0.2) is 0 Å². The lowest BCUT2D eigenvalue weighted by Crippen LogP contribution is -2.31. The Morgan fingerprint density at radius 3 is 1.75 bits per heavy atom. The van der Waals surface area contributed by atoms with Crippen molar-refractivity contribution >= 4 is 60.7 Å². The number of nitrogens with zero attached hydrogens (tertiary/aromatic N) is 1. The molecule has 0 fully saturated rings. The summed E-state index contributed by atoms with van der Waals surface area (Å²) in [6.07, 6.45) is 0. The number of benzene rings is 9. The van der Waals surface area contributed by atoms with E-state index in [2.05, 4.69) is 181 Å². The standard InChI is InChI=1S/C55H33NO3/c1-2-14-34(15-3-1)37-29-31-48(41-19-5-4-16-38(37)41)56(35-26-28-43-42-20-8-12-24-49(42)57-51(43)32-35)36-27-30-47-52(33-36)58-53-44-21-9-13-25-50(44)59-54(53)55(47)45-22-10-6-17-39(45)40-18-7-11-23-46(40)55/h1-33H. The molecular formula is C55H33NO3. The molecule has 0 unspecified atom stereocenters. The highest BCUT2D eigenvalue weighted by Gasteiger charge is 2.54. The number of hydrogen-bond acceptors (Lipinski definition) is 4. The second-order valence-corrected chi connectivity index (χ2v) is 15.5. The Hall–Kier alpha value is -7.82. The quantitative estimate of drug-likeness (QED) is 0.179. The summed E-state index contributed by atoms with van der Waals surface area (Å²) in [6.45, 7) is 0. The van der Waals surface area contributed by atoms with Crippen molar-refractivity contribution < 1.29 is 13.6 Å². The van der Waals surface area contributed by atoms with Crippen LogP contribution >= 0.6 is 0 Å². The molecule has 0 saturated carbocycles. The van der Waals surface area contributed by atoms with Gasteiger partial charge in [0, 0.05) is 45.2 Å². The molecule has 0 saturated heterocycles. The van der Waals surface area contributed by atoms with Gasteiger partial charge >= 0.3 is 0 Å². The maximum atomic E-state index is 7.15. The average molecular weight is 756 g/mol. The molecule has 13 rings (SSSR count). The maximum Gasteiger partial charge on any atom is 0.178 e. The van der Waals surface area contributed by atoms with E-state index in [0.717, 1.165) is 78.2 Å². The van der Waals surface area contributed by atoms with Gasteiger partial charge < -0.3 is 18.5 Å². The molecule has 276 valence electrons. The van der Waals surface area contributed by atoms with Crippen LogP contribution in [0.5, 0.6) is 11.5 Å². The van der Waals surface area contributed by atoms with Crippen LogP contribution in [0.25, 0.3) is 65.9 Å². The first-order chi connectivity index (χ1) is 29.3. The summed E-state index contributed by atoms with van der Waals surface area (Å²) < 4.78 is 20.6. The number of hydrogen-bond donors (Lipinski definition) is 0. The largest absolute Gasteiger partial charge is 0.456 e. The second-order valence-electron chi connectivity index (χ2n) is 15.5. The van der Waals surface area contributed by atoms with E-state index in [1.54, 1.807) is 0 Å². The van der Waals surface area contributed by atoms with Crippen molar-refractivity contribution in [3.63, 3.8) is 0 Å². The lowest BCUT2D eigenvalue weighted by molar-refractivity contribution is 0.389. The van der Waals surface area contributed by atoms with E-state index < -0.39 is 5.41 Å². The first kappa shape index (κ1) is 32.3. The van der Waals surface area contributed by atoms with Gasteiger partial charge in [-0.05, 0) is 81.2 Å². The third kappa shape index (κ3) is 4.43. The number of rotatable bonds is 4. The van der Waals surface area contributed by atoms with Gasteiger partial charge in [0.2, 0.25) is 0 Å². The van der Waals surface area contributed by atoms with Crippen LogP contribution in [0.15, 0.2) is 209 Å². The van der Waals surface area contributed by atoms with Crippen molar-refractivity contribution in [2.45, 2.75) is 5.41 Å². The van der Waals surface area contributed by atoms with Gasteiger partial charge in [0.15, 0.2) is 11.5 Å². The summed E-state index contributed by atoms with van der Waals surface area (Å²) >= 11 is 0. The number of ether oxygens (including phenoxy) is 1. The van der Waals surface area contributed by atoms with E-state index in [1.165, 1.54) is 38.8 Å². The van der Waals surface area contributed by atoms with Crippen LogP contribution in [0.1, 0.15) is 22.5 Å². The predicted octanol–water partition coefficient (Wildman–Crippen LogP) is 15.1. The van der Waals surface area contributed by atoms with Crippen LogP contribution in [-0.4, -0.2) is 0 Å². The Morgan fingerprint density at radius 2 is 0.966 bits per heavy atom. The highest BCUT2D eigenvalue weighted by molar-refractivity contribution is 6.09. The molecule has 9 aromatic carbocycles. The molecule has 0 atom stereocenters. The fourth-order valence-corrected chi connectivity index (χ4v) is 10.0. The lowest BCUT2D eigenvalue weighted by atomic mass is 9.69. The summed E-state index contributed by atoms with van der Waals surface area (Å²) in [5, 5.41) is 5.45. The summed E-state index contributed by atoms with van der Waals surface area (Å²) in [7, 11) is 0. The summed E-state index contributed by atoms with van der Waals surface area (Å²) in [5.41, 5.74) is 13.0. The van der Waals surface area contributed by atoms with Crippen molar-refractivity contribution in [1.29, 1.82) is 0 Å². The normalized spacial score (nSPS) is 13.4. The zero-order chi connectivity index (χ0) is 38.7. The van der Waals surface area contributed by atoms with Crippen LogP contribution in [0.2, 0.25) is 0 Å². The third-order valence-electron chi connectivity index (χ3n) is 12.5. The molecule has 1 aliphatic carbocycles. The minimum Gasteiger partial charge on any atom is -0.456 e. The van der Waals surface area contributed by atoms with Crippen molar-refractivity contribution in [3.05, 3.63) is 223 Å². The zero-order valence-electron chi connectivity index (χ0n) is 31.7. The first-order valence-corrected chi connectivity index (χ1v) is 20.1. The van der Waals surface area contributed by atoms with Gasteiger partial charge in [-0.1, -0.05) is 146 Å². The Balaban J connectivity index is 1.09. The smallest absolute Gasteiger partial charge is 0.178 e.